The van der Waals surface area contributed by atoms with E-state index in [2.05, 4.69) is 15.9 Å². The fraction of sp³-hybridized carbons (Fsp3) is 0.0714. The van der Waals surface area contributed by atoms with Crippen molar-refractivity contribution in [3.63, 3.8) is 0 Å². The highest BCUT2D eigenvalue weighted by atomic mass is 79.9. The fourth-order valence-corrected chi connectivity index (χ4v) is 2.36. The molecule has 0 aliphatic rings. The van der Waals surface area contributed by atoms with Gasteiger partial charge in [0.05, 0.1) is 15.1 Å². The van der Waals surface area contributed by atoms with Gasteiger partial charge in [0, 0.05) is 6.07 Å². The minimum Gasteiger partial charge on any atom is -0.488 e. The molecule has 2 aromatic rings. The van der Waals surface area contributed by atoms with Crippen molar-refractivity contribution in [2.24, 2.45) is 0 Å². The molecule has 110 valence electrons. The number of carbonyl (C=O) groups is 1. The normalized spacial score (nSPS) is 10.5. The molecule has 0 heterocycles. The zero-order valence-corrected chi connectivity index (χ0v) is 12.7. The van der Waals surface area contributed by atoms with E-state index in [9.17, 15) is 13.6 Å². The van der Waals surface area contributed by atoms with E-state index in [0.29, 0.717) is 10.0 Å². The van der Waals surface area contributed by atoms with E-state index in [1.54, 1.807) is 0 Å². The number of carboxylic acid groups (broad SMARTS) is 1. The molecule has 0 aliphatic heterocycles. The third-order valence-electron chi connectivity index (χ3n) is 2.63. The van der Waals surface area contributed by atoms with Crippen LogP contribution in [0.25, 0.3) is 0 Å². The summed E-state index contributed by atoms with van der Waals surface area (Å²) in [6, 6.07) is 6.05. The fourth-order valence-electron chi connectivity index (χ4n) is 1.60. The minimum absolute atomic E-state index is 0.0414. The predicted octanol–water partition coefficient (Wildman–Crippen LogP) is 4.66. The van der Waals surface area contributed by atoms with Crippen molar-refractivity contribution in [2.45, 2.75) is 6.61 Å². The lowest BCUT2D eigenvalue weighted by Gasteiger charge is -2.10. The second-order valence-electron chi connectivity index (χ2n) is 4.10. The molecule has 0 fully saturated rings. The van der Waals surface area contributed by atoms with Crippen LogP contribution in [-0.2, 0) is 6.61 Å². The Hall–Kier alpha value is -1.66. The van der Waals surface area contributed by atoms with Gasteiger partial charge in [-0.05, 0) is 39.7 Å². The molecule has 0 bridgehead atoms. The molecular weight excluding hydrogens is 370 g/mol. The number of hydrogen-bond donors (Lipinski definition) is 1. The zero-order chi connectivity index (χ0) is 15.6. The molecule has 21 heavy (non-hydrogen) atoms. The van der Waals surface area contributed by atoms with E-state index in [4.69, 9.17) is 21.4 Å². The van der Waals surface area contributed by atoms with E-state index < -0.39 is 23.2 Å². The van der Waals surface area contributed by atoms with Crippen LogP contribution in [0.4, 0.5) is 8.78 Å². The summed E-state index contributed by atoms with van der Waals surface area (Å²) in [6.07, 6.45) is 0. The number of hydrogen-bond acceptors (Lipinski definition) is 2. The molecule has 0 unspecified atom stereocenters. The zero-order valence-electron chi connectivity index (χ0n) is 10.4. The highest BCUT2D eigenvalue weighted by Crippen LogP contribution is 2.31. The maximum Gasteiger partial charge on any atom is 0.338 e. The summed E-state index contributed by atoms with van der Waals surface area (Å²) >= 11 is 8.78. The van der Waals surface area contributed by atoms with Gasteiger partial charge in [-0.3, -0.25) is 0 Å². The molecule has 0 saturated heterocycles. The summed E-state index contributed by atoms with van der Waals surface area (Å²) in [5, 5.41) is 8.78. The quantitative estimate of drug-likeness (QED) is 0.789. The van der Waals surface area contributed by atoms with Gasteiger partial charge in [0.1, 0.15) is 24.0 Å². The second-order valence-corrected chi connectivity index (χ2v) is 5.37. The lowest BCUT2D eigenvalue weighted by molar-refractivity contribution is 0.0691. The third-order valence-corrected chi connectivity index (χ3v) is 3.54. The Kier molecular flexibility index (Phi) is 4.80. The van der Waals surface area contributed by atoms with E-state index in [1.165, 1.54) is 12.1 Å². The van der Waals surface area contributed by atoms with Crippen LogP contribution < -0.4 is 4.74 Å². The van der Waals surface area contributed by atoms with Crippen LogP contribution in [0.3, 0.4) is 0 Å². The van der Waals surface area contributed by atoms with E-state index >= 15 is 0 Å². The molecule has 2 rings (SSSR count). The molecule has 0 spiro atoms. The summed E-state index contributed by atoms with van der Waals surface area (Å²) in [4.78, 5) is 10.8. The first-order chi connectivity index (χ1) is 9.88. The topological polar surface area (TPSA) is 46.5 Å². The number of rotatable bonds is 4. The van der Waals surface area contributed by atoms with Crippen molar-refractivity contribution < 1.29 is 23.4 Å². The van der Waals surface area contributed by atoms with Crippen molar-refractivity contribution in [1.82, 2.24) is 0 Å². The van der Waals surface area contributed by atoms with Gasteiger partial charge in [-0.25, -0.2) is 13.6 Å². The van der Waals surface area contributed by atoms with Crippen molar-refractivity contribution in [1.29, 1.82) is 0 Å². The van der Waals surface area contributed by atoms with E-state index in [1.807, 2.05) is 0 Å². The molecule has 3 nitrogen and oxygen atoms in total. The Bertz CT molecular complexity index is 707. The average molecular weight is 378 g/mol. The Morgan fingerprint density at radius 1 is 1.24 bits per heavy atom. The number of ether oxygens (including phenoxy) is 1. The standard InChI is InChI=1S/C14H8BrClF2O3/c15-9-4-10(16)12(18)5-13(9)21-6-7-1-2-11(17)8(3-7)14(19)20/h1-5H,6H2,(H,19,20). The molecule has 1 N–H and O–H groups in total. The number of carboxylic acids is 1. The number of halogens is 4. The van der Waals surface area contributed by atoms with Crippen LogP contribution in [-0.4, -0.2) is 11.1 Å². The van der Waals surface area contributed by atoms with Crippen LogP contribution >= 0.6 is 27.5 Å². The Morgan fingerprint density at radius 3 is 2.62 bits per heavy atom. The van der Waals surface area contributed by atoms with Crippen molar-refractivity contribution >= 4 is 33.5 Å². The maximum atomic E-state index is 13.3. The Balaban J connectivity index is 2.19. The molecule has 0 aromatic heterocycles. The van der Waals surface area contributed by atoms with E-state index in [0.717, 1.165) is 18.2 Å². The molecule has 0 radical (unpaired) electrons. The third kappa shape index (κ3) is 3.71. The largest absolute Gasteiger partial charge is 0.488 e. The predicted molar refractivity (Wildman–Crippen MR) is 76.8 cm³/mol. The summed E-state index contributed by atoms with van der Waals surface area (Å²) in [5.74, 6) is -2.63. The summed E-state index contributed by atoms with van der Waals surface area (Å²) in [6.45, 7) is -0.0414. The molecule has 0 aliphatic carbocycles. The van der Waals surface area contributed by atoms with Crippen LogP contribution in [0.1, 0.15) is 15.9 Å². The Labute approximate surface area is 132 Å². The van der Waals surface area contributed by atoms with Gasteiger partial charge in [0.25, 0.3) is 0 Å². The van der Waals surface area contributed by atoms with E-state index in [-0.39, 0.29) is 17.4 Å². The first-order valence-corrected chi connectivity index (χ1v) is 6.84. The highest BCUT2D eigenvalue weighted by molar-refractivity contribution is 9.10. The first-order valence-electron chi connectivity index (χ1n) is 5.67. The summed E-state index contributed by atoms with van der Waals surface area (Å²) < 4.78 is 32.4. The van der Waals surface area contributed by atoms with Crippen molar-refractivity contribution in [2.75, 3.05) is 0 Å². The lowest BCUT2D eigenvalue weighted by atomic mass is 10.1. The number of aromatic carboxylic acids is 1. The van der Waals surface area contributed by atoms with Gasteiger partial charge in [-0.2, -0.15) is 0 Å². The van der Waals surface area contributed by atoms with Gasteiger partial charge in [0.15, 0.2) is 0 Å². The molecule has 0 amide bonds. The van der Waals surface area contributed by atoms with Gasteiger partial charge < -0.3 is 9.84 Å². The second kappa shape index (κ2) is 6.41. The smallest absolute Gasteiger partial charge is 0.338 e. The van der Waals surface area contributed by atoms with Gasteiger partial charge in [-0.1, -0.05) is 17.7 Å². The molecular formula is C14H8BrClF2O3. The van der Waals surface area contributed by atoms with Gasteiger partial charge >= 0.3 is 5.97 Å². The van der Waals surface area contributed by atoms with Gasteiger partial charge in [-0.15, -0.1) is 0 Å². The van der Waals surface area contributed by atoms with Crippen molar-refractivity contribution in [3.05, 3.63) is 62.6 Å². The SMILES string of the molecule is O=C(O)c1cc(COc2cc(F)c(Cl)cc2Br)ccc1F. The molecule has 2 aromatic carbocycles. The van der Waals surface area contributed by atoms with Crippen LogP contribution in [0.5, 0.6) is 5.75 Å². The first kappa shape index (κ1) is 15.7. The minimum atomic E-state index is -1.37. The molecule has 7 heteroatoms. The van der Waals surface area contributed by atoms with Crippen molar-refractivity contribution in [3.8, 4) is 5.75 Å². The Morgan fingerprint density at radius 2 is 1.95 bits per heavy atom. The maximum absolute atomic E-state index is 13.3. The van der Waals surface area contributed by atoms with Crippen LogP contribution in [0.15, 0.2) is 34.8 Å². The van der Waals surface area contributed by atoms with Crippen LogP contribution in [0.2, 0.25) is 5.02 Å². The molecule has 0 saturated carbocycles. The van der Waals surface area contributed by atoms with Crippen LogP contribution in [0, 0.1) is 11.6 Å². The monoisotopic (exact) mass is 376 g/mol. The number of benzene rings is 2. The molecule has 0 atom stereocenters. The summed E-state index contributed by atoms with van der Waals surface area (Å²) in [7, 11) is 0. The highest BCUT2D eigenvalue weighted by Gasteiger charge is 2.12. The lowest BCUT2D eigenvalue weighted by Crippen LogP contribution is -2.04. The summed E-state index contributed by atoms with van der Waals surface area (Å²) in [5.41, 5.74) is -0.00601. The van der Waals surface area contributed by atoms with Gasteiger partial charge in [0.2, 0.25) is 0 Å². The average Bonchev–Trinajstić information content (AvgIpc) is 2.42.